The molecule has 1 aromatic rings. The van der Waals surface area contributed by atoms with Gasteiger partial charge in [0.25, 0.3) is 0 Å². The molecule has 0 bridgehead atoms. The van der Waals surface area contributed by atoms with Crippen LogP contribution in [0.2, 0.25) is 5.02 Å². The fourth-order valence-corrected chi connectivity index (χ4v) is 2.02. The van der Waals surface area contributed by atoms with Gasteiger partial charge in [-0.3, -0.25) is 9.59 Å². The van der Waals surface area contributed by atoms with Gasteiger partial charge in [0.1, 0.15) is 6.04 Å². The maximum atomic E-state index is 11.8. The fraction of sp³-hybridized carbons (Fsp3) is 0.333. The monoisotopic (exact) mass is 252 g/mol. The largest absolute Gasteiger partial charge is 0.344 e. The Hall–Kier alpha value is -1.55. The smallest absolute Gasteiger partial charge is 0.246 e. The lowest BCUT2D eigenvalue weighted by atomic mass is 10.1. The Kier molecular flexibility index (Phi) is 3.33. The summed E-state index contributed by atoms with van der Waals surface area (Å²) in [6.45, 7) is 1.87. The number of aryl methyl sites for hydroxylation is 1. The maximum absolute atomic E-state index is 11.8. The summed E-state index contributed by atoms with van der Waals surface area (Å²) in [4.78, 5) is 22.9. The van der Waals surface area contributed by atoms with E-state index in [9.17, 15) is 9.59 Å². The van der Waals surface area contributed by atoms with Crippen LogP contribution in [-0.2, 0) is 9.59 Å². The second-order valence-electron chi connectivity index (χ2n) is 4.11. The van der Waals surface area contributed by atoms with Crippen molar-refractivity contribution in [3.8, 4) is 0 Å². The lowest BCUT2D eigenvalue weighted by Crippen LogP contribution is -2.37. The summed E-state index contributed by atoms with van der Waals surface area (Å²) in [5, 5.41) is 6.05. The standard InChI is InChI=1S/C12H13ClN2O2/c1-7-6-8(13)2-3-9(7)15-12(17)10-4-5-11(16)14-10/h2-3,6,10H,4-5H2,1H3,(H,14,16)(H,15,17). The molecule has 1 unspecified atom stereocenters. The number of nitrogens with one attached hydrogen (secondary N) is 2. The van der Waals surface area contributed by atoms with E-state index in [0.29, 0.717) is 17.9 Å². The molecule has 2 rings (SSSR count). The highest BCUT2D eigenvalue weighted by atomic mass is 35.5. The number of rotatable bonds is 2. The van der Waals surface area contributed by atoms with Gasteiger partial charge in [-0.15, -0.1) is 0 Å². The lowest BCUT2D eigenvalue weighted by Gasteiger charge is -2.12. The third kappa shape index (κ3) is 2.77. The van der Waals surface area contributed by atoms with Gasteiger partial charge in [0, 0.05) is 17.1 Å². The molecule has 0 saturated carbocycles. The van der Waals surface area contributed by atoms with Crippen molar-refractivity contribution < 1.29 is 9.59 Å². The molecule has 2 amide bonds. The van der Waals surface area contributed by atoms with E-state index in [1.165, 1.54) is 0 Å². The molecule has 0 aliphatic carbocycles. The number of carbonyl (C=O) groups is 2. The zero-order valence-electron chi connectivity index (χ0n) is 9.42. The summed E-state index contributed by atoms with van der Waals surface area (Å²) in [5.41, 5.74) is 1.62. The highest BCUT2D eigenvalue weighted by Gasteiger charge is 2.27. The van der Waals surface area contributed by atoms with Crippen molar-refractivity contribution in [1.29, 1.82) is 0 Å². The topological polar surface area (TPSA) is 58.2 Å². The number of anilines is 1. The van der Waals surface area contributed by atoms with Gasteiger partial charge in [-0.1, -0.05) is 11.6 Å². The fourth-order valence-electron chi connectivity index (χ4n) is 1.80. The molecular formula is C12H13ClN2O2. The number of hydrogen-bond acceptors (Lipinski definition) is 2. The van der Waals surface area contributed by atoms with Crippen molar-refractivity contribution in [2.24, 2.45) is 0 Å². The van der Waals surface area contributed by atoms with Gasteiger partial charge in [0.05, 0.1) is 0 Å². The van der Waals surface area contributed by atoms with Crippen LogP contribution in [-0.4, -0.2) is 17.9 Å². The summed E-state index contributed by atoms with van der Waals surface area (Å²) >= 11 is 5.83. The van der Waals surface area contributed by atoms with Gasteiger partial charge >= 0.3 is 0 Å². The Morgan fingerprint density at radius 3 is 2.88 bits per heavy atom. The Bertz CT molecular complexity index is 474. The van der Waals surface area contributed by atoms with E-state index in [0.717, 1.165) is 11.3 Å². The predicted octanol–water partition coefficient (Wildman–Crippen LogP) is 1.87. The molecule has 1 saturated heterocycles. The first-order valence-electron chi connectivity index (χ1n) is 5.42. The first-order chi connectivity index (χ1) is 8.06. The molecule has 1 heterocycles. The summed E-state index contributed by atoms with van der Waals surface area (Å²) < 4.78 is 0. The van der Waals surface area contributed by atoms with Crippen molar-refractivity contribution in [3.05, 3.63) is 28.8 Å². The molecule has 1 aliphatic heterocycles. The van der Waals surface area contributed by atoms with Crippen LogP contribution < -0.4 is 10.6 Å². The van der Waals surface area contributed by atoms with Crippen LogP contribution in [0.15, 0.2) is 18.2 Å². The van der Waals surface area contributed by atoms with E-state index in [4.69, 9.17) is 11.6 Å². The maximum Gasteiger partial charge on any atom is 0.246 e. The van der Waals surface area contributed by atoms with E-state index in [1.54, 1.807) is 18.2 Å². The summed E-state index contributed by atoms with van der Waals surface area (Å²) in [6, 6.07) is 4.84. The molecule has 1 aliphatic rings. The van der Waals surface area contributed by atoms with Crippen LogP contribution in [0.4, 0.5) is 5.69 Å². The van der Waals surface area contributed by atoms with Gasteiger partial charge in [-0.2, -0.15) is 0 Å². The van der Waals surface area contributed by atoms with Crippen LogP contribution in [0, 0.1) is 6.92 Å². The summed E-state index contributed by atoms with van der Waals surface area (Å²) in [5.74, 6) is -0.251. The van der Waals surface area contributed by atoms with Crippen LogP contribution in [0.5, 0.6) is 0 Å². The Morgan fingerprint density at radius 2 is 2.29 bits per heavy atom. The Balaban J connectivity index is 2.05. The van der Waals surface area contributed by atoms with E-state index < -0.39 is 6.04 Å². The normalized spacial score (nSPS) is 18.9. The second kappa shape index (κ2) is 4.75. The molecule has 90 valence electrons. The molecule has 1 atom stereocenters. The Labute approximate surface area is 104 Å². The van der Waals surface area contributed by atoms with Gasteiger partial charge in [0.2, 0.25) is 11.8 Å². The van der Waals surface area contributed by atoms with Crippen molar-refractivity contribution in [3.63, 3.8) is 0 Å². The third-order valence-electron chi connectivity index (χ3n) is 2.76. The minimum Gasteiger partial charge on any atom is -0.344 e. The van der Waals surface area contributed by atoms with Crippen molar-refractivity contribution in [2.45, 2.75) is 25.8 Å². The second-order valence-corrected chi connectivity index (χ2v) is 4.54. The lowest BCUT2D eigenvalue weighted by molar-refractivity contribution is -0.122. The first kappa shape index (κ1) is 11.9. The Morgan fingerprint density at radius 1 is 1.53 bits per heavy atom. The molecular weight excluding hydrogens is 240 g/mol. The average molecular weight is 253 g/mol. The number of hydrogen-bond donors (Lipinski definition) is 2. The minimum atomic E-state index is -0.419. The SMILES string of the molecule is Cc1cc(Cl)ccc1NC(=O)C1CCC(=O)N1. The first-order valence-corrected chi connectivity index (χ1v) is 5.80. The molecule has 1 fully saturated rings. The summed E-state index contributed by atoms with van der Waals surface area (Å²) in [6.07, 6.45) is 0.967. The third-order valence-corrected chi connectivity index (χ3v) is 2.99. The molecule has 0 spiro atoms. The molecule has 17 heavy (non-hydrogen) atoms. The molecule has 4 nitrogen and oxygen atoms in total. The molecule has 5 heteroatoms. The van der Waals surface area contributed by atoms with E-state index in [2.05, 4.69) is 10.6 Å². The predicted molar refractivity (Wildman–Crippen MR) is 66.0 cm³/mol. The molecule has 1 aromatic carbocycles. The van der Waals surface area contributed by atoms with Crippen molar-refractivity contribution in [1.82, 2.24) is 5.32 Å². The molecule has 0 radical (unpaired) electrons. The number of amides is 2. The highest BCUT2D eigenvalue weighted by Crippen LogP contribution is 2.20. The van der Waals surface area contributed by atoms with Crippen molar-refractivity contribution in [2.75, 3.05) is 5.32 Å². The van der Waals surface area contributed by atoms with Gasteiger partial charge < -0.3 is 10.6 Å². The van der Waals surface area contributed by atoms with Gasteiger partial charge in [-0.05, 0) is 37.1 Å². The summed E-state index contributed by atoms with van der Waals surface area (Å²) in [7, 11) is 0. The van der Waals surface area contributed by atoms with E-state index in [-0.39, 0.29) is 11.8 Å². The minimum absolute atomic E-state index is 0.0713. The van der Waals surface area contributed by atoms with Gasteiger partial charge in [0.15, 0.2) is 0 Å². The number of halogens is 1. The molecule has 2 N–H and O–H groups in total. The van der Waals surface area contributed by atoms with Crippen molar-refractivity contribution >= 4 is 29.1 Å². The highest BCUT2D eigenvalue weighted by molar-refractivity contribution is 6.30. The van der Waals surface area contributed by atoms with Crippen LogP contribution in [0.1, 0.15) is 18.4 Å². The van der Waals surface area contributed by atoms with E-state index in [1.807, 2.05) is 6.92 Å². The molecule has 0 aromatic heterocycles. The quantitative estimate of drug-likeness (QED) is 0.844. The zero-order valence-corrected chi connectivity index (χ0v) is 10.2. The number of benzene rings is 1. The average Bonchev–Trinajstić information content (AvgIpc) is 2.69. The van der Waals surface area contributed by atoms with Crippen LogP contribution in [0.3, 0.4) is 0 Å². The van der Waals surface area contributed by atoms with Crippen LogP contribution in [0.25, 0.3) is 0 Å². The number of carbonyl (C=O) groups excluding carboxylic acids is 2. The van der Waals surface area contributed by atoms with E-state index >= 15 is 0 Å². The zero-order chi connectivity index (χ0) is 12.4. The van der Waals surface area contributed by atoms with Crippen LogP contribution >= 0.6 is 11.6 Å². The van der Waals surface area contributed by atoms with Gasteiger partial charge in [-0.25, -0.2) is 0 Å².